The molecule has 4 aromatic carbocycles. The summed E-state index contributed by atoms with van der Waals surface area (Å²) in [6.07, 6.45) is 2.81. The van der Waals surface area contributed by atoms with Gasteiger partial charge < -0.3 is 0 Å². The van der Waals surface area contributed by atoms with Crippen LogP contribution in [0.25, 0.3) is 21.5 Å². The normalized spacial score (nSPS) is 15.3. The average molecular weight is 740 g/mol. The summed E-state index contributed by atoms with van der Waals surface area (Å²) in [5.41, 5.74) is 4.19. The summed E-state index contributed by atoms with van der Waals surface area (Å²) in [5, 5.41) is 3.03. The number of aromatic nitrogens is 3. The van der Waals surface area contributed by atoms with Crippen molar-refractivity contribution in [2.45, 2.75) is 4.90 Å². The number of aliphatic imine (C=N–C) groups is 4. The quantitative estimate of drug-likeness (QED) is 0.242. The van der Waals surface area contributed by atoms with Gasteiger partial charge in [0.25, 0.3) is 0 Å². The molecule has 4 aliphatic rings. The molecule has 0 atom stereocenters. The van der Waals surface area contributed by atoms with Gasteiger partial charge in [-0.3, -0.25) is 0 Å². The van der Waals surface area contributed by atoms with Crippen LogP contribution in [0.1, 0.15) is 22.3 Å². The van der Waals surface area contributed by atoms with Gasteiger partial charge in [-0.15, -0.1) is 0 Å². The van der Waals surface area contributed by atoms with Crippen LogP contribution in [0.15, 0.2) is 156 Å². The fourth-order valence-electron chi connectivity index (χ4n) is 7.14. The van der Waals surface area contributed by atoms with Crippen molar-refractivity contribution >= 4 is 83.7 Å². The van der Waals surface area contributed by atoms with Crippen LogP contribution in [0.4, 0.5) is 11.6 Å². The second kappa shape index (κ2) is 10.5. The van der Waals surface area contributed by atoms with Crippen molar-refractivity contribution in [2.75, 3.05) is 0 Å². The molecule has 11 rings (SSSR count). The van der Waals surface area contributed by atoms with Gasteiger partial charge in [0.15, 0.2) is 0 Å². The number of rotatable bonds is 3. The summed E-state index contributed by atoms with van der Waals surface area (Å²) in [7, 11) is -4.40. The molecular weight excluding hydrogens is 720 g/mol. The summed E-state index contributed by atoms with van der Waals surface area (Å²) in [5.74, 6) is 2.76. The molecule has 0 spiro atoms. The van der Waals surface area contributed by atoms with Gasteiger partial charge in [0.1, 0.15) is 0 Å². The molecule has 0 aliphatic carbocycles. The van der Waals surface area contributed by atoms with Gasteiger partial charge in [0, 0.05) is 0 Å². The summed E-state index contributed by atoms with van der Waals surface area (Å²) in [6, 6.07) is 34.2. The van der Waals surface area contributed by atoms with Crippen LogP contribution in [-0.4, -0.2) is 60.4 Å². The number of amidine groups is 4. The number of hydrogen-bond acceptors (Lipinski definition) is 10. The van der Waals surface area contributed by atoms with Crippen LogP contribution < -0.4 is 11.0 Å². The van der Waals surface area contributed by atoms with Gasteiger partial charge in [0.05, 0.1) is 0 Å². The van der Waals surface area contributed by atoms with Crippen LogP contribution in [0, 0.1) is 0 Å². The number of nitrogens with zero attached hydrogens (tertiary/aromatic N) is 9. The van der Waals surface area contributed by atoms with Crippen molar-refractivity contribution in [3.63, 3.8) is 0 Å². The monoisotopic (exact) mass is 739 g/mol. The predicted molar refractivity (Wildman–Crippen MR) is 194 cm³/mol. The second-order valence-corrected chi connectivity index (χ2v) is 18.6. The van der Waals surface area contributed by atoms with Gasteiger partial charge in [-0.1, -0.05) is 0 Å². The Hall–Kier alpha value is -6.06. The maximum absolute atomic E-state index is 14.4. The minimum atomic E-state index is -4.40. The van der Waals surface area contributed by atoms with E-state index < -0.39 is 27.2 Å². The Morgan fingerprint density at radius 3 is 1.41 bits per heavy atom. The third-order valence-electron chi connectivity index (χ3n) is 9.40. The molecule has 0 unspecified atom stereocenters. The molecule has 4 aliphatic heterocycles. The van der Waals surface area contributed by atoms with E-state index in [-0.39, 0.29) is 4.90 Å². The average Bonchev–Trinajstić information content (AvgIpc) is 3.87. The number of pyridine rings is 1. The molecule has 7 heterocycles. The van der Waals surface area contributed by atoms with Crippen molar-refractivity contribution < 1.29 is 11.4 Å². The first-order valence-electron chi connectivity index (χ1n) is 16.1. The Morgan fingerprint density at radius 2 is 0.941 bits per heavy atom. The van der Waals surface area contributed by atoms with Crippen LogP contribution >= 0.6 is 0 Å². The van der Waals surface area contributed by atoms with E-state index in [4.69, 9.17) is 32.9 Å². The van der Waals surface area contributed by atoms with E-state index in [1.54, 1.807) is 6.07 Å². The summed E-state index contributed by atoms with van der Waals surface area (Å²) in [6.45, 7) is 0. The Kier molecular flexibility index (Phi) is 5.90. The molecular formula is C37H20GaN9O3S. The molecule has 0 N–H and O–H groups in total. The maximum atomic E-state index is 14.4. The fourth-order valence-corrected chi connectivity index (χ4v) is 15.2. The van der Waals surface area contributed by atoms with Gasteiger partial charge in [-0.2, -0.15) is 0 Å². The predicted octanol–water partition coefficient (Wildman–Crippen LogP) is 4.72. The Bertz CT molecular complexity index is 2930. The van der Waals surface area contributed by atoms with Crippen molar-refractivity contribution in [2.24, 2.45) is 30.0 Å². The molecule has 6 bridgehead atoms. The van der Waals surface area contributed by atoms with E-state index in [1.807, 2.05) is 104 Å². The van der Waals surface area contributed by atoms with Crippen molar-refractivity contribution in [1.29, 1.82) is 0 Å². The number of fused-ring (bicyclic) bond motifs is 14. The van der Waals surface area contributed by atoms with E-state index in [0.717, 1.165) is 43.8 Å². The van der Waals surface area contributed by atoms with Gasteiger partial charge in [-0.05, 0) is 0 Å². The first kappa shape index (κ1) is 28.7. The van der Waals surface area contributed by atoms with Crippen LogP contribution in [0.5, 0.6) is 0 Å². The van der Waals surface area contributed by atoms with Crippen LogP contribution in [0.3, 0.4) is 0 Å². The van der Waals surface area contributed by atoms with E-state index in [2.05, 4.69) is 4.98 Å². The van der Waals surface area contributed by atoms with Crippen LogP contribution in [-0.2, 0) is 13.1 Å². The van der Waals surface area contributed by atoms with Crippen molar-refractivity contribution in [3.8, 4) is 0 Å². The van der Waals surface area contributed by atoms with E-state index in [1.165, 1.54) is 18.5 Å². The topological polar surface area (TPSA) is 140 Å². The van der Waals surface area contributed by atoms with E-state index in [9.17, 15) is 8.42 Å². The molecule has 0 fully saturated rings. The molecule has 12 nitrogen and oxygen atoms in total. The summed E-state index contributed by atoms with van der Waals surface area (Å²) >= 11 is -4.38. The van der Waals surface area contributed by atoms with Crippen LogP contribution in [0.2, 0.25) is 0 Å². The van der Waals surface area contributed by atoms with Crippen molar-refractivity contribution in [1.82, 2.24) is 11.5 Å². The fraction of sp³-hybridized carbons (Fsp3) is 0. The van der Waals surface area contributed by atoms with Gasteiger partial charge in [0.2, 0.25) is 0 Å². The van der Waals surface area contributed by atoms with E-state index >= 15 is 0 Å². The third kappa shape index (κ3) is 4.12. The van der Waals surface area contributed by atoms with Gasteiger partial charge >= 0.3 is 296 Å². The third-order valence-corrected chi connectivity index (χ3v) is 17.2. The Balaban J connectivity index is 1.40. The number of benzene rings is 4. The Labute approximate surface area is 295 Å². The zero-order valence-corrected chi connectivity index (χ0v) is 29.5. The summed E-state index contributed by atoms with van der Waals surface area (Å²) < 4.78 is 39.2. The SMILES string of the molecule is O=S(=O)([O][Ga]1[n]2c3c4ccccc4c2N=C2N=C(N=c4c5ccccc5c([n]41)=NC1=NC(=N3)c3ccccc31)c1ccccc12)c1cccnc1. The first-order valence-corrected chi connectivity index (χ1v) is 20.7. The van der Waals surface area contributed by atoms with Gasteiger partial charge in [-0.25, -0.2) is 0 Å². The number of hydrogen-bond donors (Lipinski definition) is 0. The minimum absolute atomic E-state index is 0.0698. The second-order valence-electron chi connectivity index (χ2n) is 12.2. The Morgan fingerprint density at radius 1 is 0.490 bits per heavy atom. The molecule has 240 valence electrons. The van der Waals surface area contributed by atoms with E-state index in [0.29, 0.717) is 46.0 Å². The molecule has 51 heavy (non-hydrogen) atoms. The molecule has 0 saturated carbocycles. The zero-order valence-electron chi connectivity index (χ0n) is 26.3. The molecule has 0 saturated heterocycles. The summed E-state index contributed by atoms with van der Waals surface area (Å²) in [4.78, 5) is 34.9. The molecule has 14 heteroatoms. The molecule has 7 aromatic rings. The standard InChI is InChI=1S/C32H16N8.C5H5NO3S.Ga/c1-2-10-18-17(9-1)25-33-26(18)38-28-21-13-5-6-14-22(21)30(35-28)40-32-24-16-8-7-15-23(24)31(36-32)39-29-20-12-4-3-11-19(20)27(34-29)37-25;7-10(8,9)5-2-1-3-6-4-5;/h1-16H;1-4H,(H,7,8,9);/q-2;;+3/p-1. The molecule has 3 aromatic heterocycles. The zero-order chi connectivity index (χ0) is 33.8. The molecule has 0 radical (unpaired) electrons. The van der Waals surface area contributed by atoms with Crippen molar-refractivity contribution in [3.05, 3.63) is 155 Å². The first-order chi connectivity index (χ1) is 25.0. The molecule has 0 amide bonds.